The van der Waals surface area contributed by atoms with Crippen molar-refractivity contribution in [1.82, 2.24) is 4.90 Å². The van der Waals surface area contributed by atoms with Crippen LogP contribution in [0.4, 0.5) is 4.39 Å². The third-order valence-electron chi connectivity index (χ3n) is 6.14. The van der Waals surface area contributed by atoms with Crippen LogP contribution >= 0.6 is 0 Å². The molecule has 0 spiro atoms. The van der Waals surface area contributed by atoms with Gasteiger partial charge in [-0.15, -0.1) is 0 Å². The van der Waals surface area contributed by atoms with Gasteiger partial charge in [-0.05, 0) is 55.4 Å². The summed E-state index contributed by atoms with van der Waals surface area (Å²) in [6.45, 7) is 1.44. The van der Waals surface area contributed by atoms with Gasteiger partial charge in [0, 0.05) is 30.3 Å². The Bertz CT molecular complexity index is 1050. The van der Waals surface area contributed by atoms with Gasteiger partial charge < -0.3 is 14.7 Å². The maximum Gasteiger partial charge on any atom is 0.260 e. The fourth-order valence-electron chi connectivity index (χ4n) is 4.26. The van der Waals surface area contributed by atoms with E-state index in [9.17, 15) is 14.3 Å². The number of para-hydroxylation sites is 1. The van der Waals surface area contributed by atoms with E-state index in [1.165, 1.54) is 17.7 Å². The minimum absolute atomic E-state index is 0.0374. The Hall–Kier alpha value is -3.34. The highest BCUT2D eigenvalue weighted by molar-refractivity contribution is 5.79. The first-order valence-electron chi connectivity index (χ1n) is 11.1. The summed E-state index contributed by atoms with van der Waals surface area (Å²) < 4.78 is 19.2. The molecule has 0 bridgehead atoms. The number of nitrogens with zero attached hydrogens (tertiary/aromatic N) is 1. The van der Waals surface area contributed by atoms with Crippen molar-refractivity contribution in [2.24, 2.45) is 5.92 Å². The number of carbonyl (C=O) groups excluding carboxylic acids is 1. The van der Waals surface area contributed by atoms with Crippen molar-refractivity contribution in [3.8, 4) is 22.6 Å². The molecule has 0 saturated carbocycles. The van der Waals surface area contributed by atoms with Crippen LogP contribution < -0.4 is 4.74 Å². The molecule has 1 amide bonds. The summed E-state index contributed by atoms with van der Waals surface area (Å²) in [6.07, 6.45) is 4.25. The normalized spacial score (nSPS) is 14.3. The highest BCUT2D eigenvalue weighted by Gasteiger charge is 2.23. The molecule has 32 heavy (non-hydrogen) atoms. The van der Waals surface area contributed by atoms with E-state index in [4.69, 9.17) is 4.74 Å². The van der Waals surface area contributed by atoms with E-state index < -0.39 is 5.82 Å². The summed E-state index contributed by atoms with van der Waals surface area (Å²) in [4.78, 5) is 14.6. The number of halogens is 1. The number of carbonyl (C=O) groups is 1. The van der Waals surface area contributed by atoms with E-state index in [1.807, 2.05) is 23.1 Å². The summed E-state index contributed by atoms with van der Waals surface area (Å²) in [5.74, 6) is 0.421. The lowest BCUT2D eigenvalue weighted by molar-refractivity contribution is -0.134. The van der Waals surface area contributed by atoms with Gasteiger partial charge in [0.15, 0.2) is 6.61 Å². The van der Waals surface area contributed by atoms with Crippen LogP contribution in [0.15, 0.2) is 72.8 Å². The van der Waals surface area contributed by atoms with Crippen molar-refractivity contribution in [1.29, 1.82) is 0 Å². The number of aromatic hydroxyl groups is 1. The van der Waals surface area contributed by atoms with Crippen LogP contribution in [0.3, 0.4) is 0 Å². The predicted molar refractivity (Wildman–Crippen MR) is 123 cm³/mol. The van der Waals surface area contributed by atoms with Crippen molar-refractivity contribution in [3.05, 3.63) is 84.2 Å². The Morgan fingerprint density at radius 3 is 2.44 bits per heavy atom. The standard InChI is InChI=1S/C27H28FNO3/c28-22-12-13-23(25(30)18-22)24-8-4-5-9-26(24)32-19-27(31)29-16-14-21(15-17-29)11-10-20-6-2-1-3-7-20/h1-9,12-13,18,21,30H,10-11,14-17,19H2. The van der Waals surface area contributed by atoms with Gasteiger partial charge in [-0.25, -0.2) is 4.39 Å². The molecule has 1 saturated heterocycles. The quantitative estimate of drug-likeness (QED) is 0.539. The molecular weight excluding hydrogens is 405 g/mol. The minimum Gasteiger partial charge on any atom is -0.507 e. The summed E-state index contributed by atoms with van der Waals surface area (Å²) in [5.41, 5.74) is 2.45. The molecule has 3 aromatic carbocycles. The van der Waals surface area contributed by atoms with Gasteiger partial charge in [-0.1, -0.05) is 48.5 Å². The number of likely N-dealkylation sites (tertiary alicyclic amines) is 1. The predicted octanol–water partition coefficient (Wildman–Crippen LogP) is 5.45. The van der Waals surface area contributed by atoms with Crippen molar-refractivity contribution in [2.45, 2.75) is 25.7 Å². The zero-order chi connectivity index (χ0) is 22.3. The van der Waals surface area contributed by atoms with E-state index in [0.29, 0.717) is 22.8 Å². The molecule has 0 radical (unpaired) electrons. The van der Waals surface area contributed by atoms with Crippen molar-refractivity contribution >= 4 is 5.91 Å². The number of piperidine rings is 1. The average Bonchev–Trinajstić information content (AvgIpc) is 2.82. The van der Waals surface area contributed by atoms with Crippen LogP contribution in [0, 0.1) is 11.7 Å². The number of hydrogen-bond donors (Lipinski definition) is 1. The number of phenols is 1. The molecule has 4 rings (SSSR count). The van der Waals surface area contributed by atoms with Crippen LogP contribution in [0.5, 0.6) is 11.5 Å². The molecule has 0 aromatic heterocycles. The van der Waals surface area contributed by atoms with Crippen LogP contribution in [0.25, 0.3) is 11.1 Å². The maximum atomic E-state index is 13.3. The second-order valence-corrected chi connectivity index (χ2v) is 8.29. The molecule has 1 N–H and O–H groups in total. The second kappa shape index (κ2) is 10.3. The molecule has 1 aliphatic rings. The number of phenolic OH excluding ortho intramolecular Hbond substituents is 1. The first-order valence-corrected chi connectivity index (χ1v) is 11.1. The van der Waals surface area contributed by atoms with Crippen molar-refractivity contribution < 1.29 is 19.0 Å². The molecule has 5 heteroatoms. The lowest BCUT2D eigenvalue weighted by Crippen LogP contribution is -2.41. The molecule has 1 aliphatic heterocycles. The van der Waals surface area contributed by atoms with E-state index >= 15 is 0 Å². The number of ether oxygens (including phenoxy) is 1. The van der Waals surface area contributed by atoms with Crippen molar-refractivity contribution in [3.63, 3.8) is 0 Å². The van der Waals surface area contributed by atoms with Gasteiger partial charge >= 0.3 is 0 Å². The molecule has 4 nitrogen and oxygen atoms in total. The molecular formula is C27H28FNO3. The van der Waals surface area contributed by atoms with Crippen LogP contribution in [0.2, 0.25) is 0 Å². The number of rotatable bonds is 7. The largest absolute Gasteiger partial charge is 0.507 e. The Kier molecular flexibility index (Phi) is 7.05. The maximum absolute atomic E-state index is 13.3. The molecule has 3 aromatic rings. The zero-order valence-electron chi connectivity index (χ0n) is 18.0. The van der Waals surface area contributed by atoms with Gasteiger partial charge in [0.1, 0.15) is 17.3 Å². The Morgan fingerprint density at radius 1 is 0.969 bits per heavy atom. The molecule has 0 unspecified atom stereocenters. The van der Waals surface area contributed by atoms with E-state index in [2.05, 4.69) is 24.3 Å². The lowest BCUT2D eigenvalue weighted by Gasteiger charge is -2.32. The second-order valence-electron chi connectivity index (χ2n) is 8.29. The molecule has 0 atom stereocenters. The lowest BCUT2D eigenvalue weighted by atomic mass is 9.90. The topological polar surface area (TPSA) is 49.8 Å². The minimum atomic E-state index is -0.507. The Balaban J connectivity index is 1.29. The summed E-state index contributed by atoms with van der Waals surface area (Å²) >= 11 is 0. The fourth-order valence-corrected chi connectivity index (χ4v) is 4.26. The van der Waals surface area contributed by atoms with Gasteiger partial charge in [0.25, 0.3) is 5.91 Å². The fraction of sp³-hybridized carbons (Fsp3) is 0.296. The van der Waals surface area contributed by atoms with Gasteiger partial charge in [0.2, 0.25) is 0 Å². The SMILES string of the molecule is O=C(COc1ccccc1-c1ccc(F)cc1O)N1CCC(CCc2ccccc2)CC1. The number of benzene rings is 3. The highest BCUT2D eigenvalue weighted by Crippen LogP contribution is 2.36. The third-order valence-corrected chi connectivity index (χ3v) is 6.14. The Morgan fingerprint density at radius 2 is 1.69 bits per heavy atom. The Labute approximate surface area is 188 Å². The summed E-state index contributed by atoms with van der Waals surface area (Å²) in [6, 6.07) is 21.5. The van der Waals surface area contributed by atoms with E-state index in [-0.39, 0.29) is 18.3 Å². The molecule has 166 valence electrons. The number of amides is 1. The summed E-state index contributed by atoms with van der Waals surface area (Å²) in [7, 11) is 0. The number of aryl methyl sites for hydroxylation is 1. The monoisotopic (exact) mass is 433 g/mol. The zero-order valence-corrected chi connectivity index (χ0v) is 18.0. The first-order chi connectivity index (χ1) is 15.6. The third kappa shape index (κ3) is 5.47. The molecule has 0 aliphatic carbocycles. The summed E-state index contributed by atoms with van der Waals surface area (Å²) in [5, 5.41) is 10.1. The van der Waals surface area contributed by atoms with Gasteiger partial charge in [0.05, 0.1) is 0 Å². The van der Waals surface area contributed by atoms with Crippen LogP contribution in [-0.2, 0) is 11.2 Å². The molecule has 1 heterocycles. The smallest absolute Gasteiger partial charge is 0.260 e. The highest BCUT2D eigenvalue weighted by atomic mass is 19.1. The number of hydrogen-bond acceptors (Lipinski definition) is 3. The van der Waals surface area contributed by atoms with Crippen molar-refractivity contribution in [2.75, 3.05) is 19.7 Å². The first kappa shape index (κ1) is 21.9. The van der Waals surface area contributed by atoms with Gasteiger partial charge in [-0.2, -0.15) is 0 Å². The average molecular weight is 434 g/mol. The van der Waals surface area contributed by atoms with E-state index in [1.54, 1.807) is 12.1 Å². The van der Waals surface area contributed by atoms with E-state index in [0.717, 1.165) is 44.8 Å². The van der Waals surface area contributed by atoms with Crippen LogP contribution in [0.1, 0.15) is 24.8 Å². The molecule has 1 fully saturated rings. The van der Waals surface area contributed by atoms with Gasteiger partial charge in [-0.3, -0.25) is 4.79 Å². The van der Waals surface area contributed by atoms with Crippen LogP contribution in [-0.4, -0.2) is 35.6 Å².